The Hall–Kier alpha value is -1.18. The van der Waals surface area contributed by atoms with Crippen molar-refractivity contribution in [3.63, 3.8) is 0 Å². The first-order valence-corrected chi connectivity index (χ1v) is 7.42. The fourth-order valence-corrected chi connectivity index (χ4v) is 2.41. The van der Waals surface area contributed by atoms with Gasteiger partial charge in [0.2, 0.25) is 10.0 Å². The van der Waals surface area contributed by atoms with Crippen LogP contribution in [0.3, 0.4) is 0 Å². The maximum atomic E-state index is 13.6. The molecule has 0 aromatic heterocycles. The second-order valence-electron chi connectivity index (χ2n) is 4.09. The van der Waals surface area contributed by atoms with Crippen molar-refractivity contribution in [1.29, 1.82) is 0 Å². The molecule has 1 aromatic rings. The summed E-state index contributed by atoms with van der Waals surface area (Å²) >= 11 is 5.59. The number of sulfonamides is 1. The van der Waals surface area contributed by atoms with Crippen LogP contribution in [-0.4, -0.2) is 20.4 Å². The van der Waals surface area contributed by atoms with Crippen molar-refractivity contribution < 1.29 is 17.6 Å². The van der Waals surface area contributed by atoms with Crippen LogP contribution in [0.15, 0.2) is 17.0 Å². The van der Waals surface area contributed by atoms with Crippen LogP contribution in [0.1, 0.15) is 30.6 Å². The number of amides is 1. The van der Waals surface area contributed by atoms with Crippen molar-refractivity contribution >= 4 is 27.5 Å². The molecule has 0 spiro atoms. The smallest absolute Gasteiger partial charge is 0.254 e. The molecule has 0 saturated carbocycles. The Morgan fingerprint density at radius 1 is 1.53 bits per heavy atom. The zero-order chi connectivity index (χ0) is 14.8. The number of halogens is 2. The van der Waals surface area contributed by atoms with Crippen molar-refractivity contribution in [2.75, 3.05) is 0 Å². The van der Waals surface area contributed by atoms with E-state index < -0.39 is 32.2 Å². The summed E-state index contributed by atoms with van der Waals surface area (Å²) < 4.78 is 36.2. The summed E-state index contributed by atoms with van der Waals surface area (Å²) in [5.41, 5.74) is -0.409. The van der Waals surface area contributed by atoms with Gasteiger partial charge in [-0.15, -0.1) is 0 Å². The number of carbonyl (C=O) groups is 1. The Kier molecular flexibility index (Phi) is 4.89. The van der Waals surface area contributed by atoms with Gasteiger partial charge >= 0.3 is 0 Å². The van der Waals surface area contributed by atoms with E-state index in [-0.39, 0.29) is 11.1 Å². The molecular weight excluding hydrogens is 295 g/mol. The lowest BCUT2D eigenvalue weighted by Crippen LogP contribution is -2.32. The molecule has 0 aliphatic carbocycles. The van der Waals surface area contributed by atoms with Gasteiger partial charge in [-0.3, -0.25) is 4.79 Å². The monoisotopic (exact) mass is 308 g/mol. The highest BCUT2D eigenvalue weighted by Gasteiger charge is 2.21. The molecule has 0 bridgehead atoms. The van der Waals surface area contributed by atoms with Crippen LogP contribution >= 0.6 is 11.6 Å². The lowest BCUT2D eigenvalue weighted by molar-refractivity contribution is 0.0935. The lowest BCUT2D eigenvalue weighted by atomic mass is 10.1. The zero-order valence-corrected chi connectivity index (χ0v) is 12.0. The van der Waals surface area contributed by atoms with Gasteiger partial charge in [-0.1, -0.05) is 18.5 Å². The van der Waals surface area contributed by atoms with E-state index >= 15 is 0 Å². The molecule has 0 radical (unpaired) electrons. The van der Waals surface area contributed by atoms with Crippen LogP contribution in [-0.2, 0) is 10.0 Å². The topological polar surface area (TPSA) is 89.3 Å². The molecule has 3 N–H and O–H groups in total. The summed E-state index contributed by atoms with van der Waals surface area (Å²) in [7, 11) is -4.12. The highest BCUT2D eigenvalue weighted by Crippen LogP contribution is 2.24. The Bertz CT molecular complexity index is 604. The van der Waals surface area contributed by atoms with Crippen molar-refractivity contribution in [3.8, 4) is 0 Å². The molecule has 5 nitrogen and oxygen atoms in total. The summed E-state index contributed by atoms with van der Waals surface area (Å²) in [6.07, 6.45) is 0.656. The molecule has 1 aromatic carbocycles. The van der Waals surface area contributed by atoms with Gasteiger partial charge < -0.3 is 5.32 Å². The number of nitrogens with one attached hydrogen (secondary N) is 1. The van der Waals surface area contributed by atoms with Crippen LogP contribution in [0, 0.1) is 5.82 Å². The Balaban J connectivity index is 3.26. The summed E-state index contributed by atoms with van der Waals surface area (Å²) in [5, 5.41) is 7.10. The molecule has 19 heavy (non-hydrogen) atoms. The quantitative estimate of drug-likeness (QED) is 0.886. The van der Waals surface area contributed by atoms with Gasteiger partial charge in [0.05, 0.1) is 10.6 Å². The van der Waals surface area contributed by atoms with E-state index in [1.807, 2.05) is 6.92 Å². The minimum absolute atomic E-state index is 0.166. The molecule has 0 fully saturated rings. The number of rotatable bonds is 4. The Morgan fingerprint density at radius 3 is 2.58 bits per heavy atom. The van der Waals surface area contributed by atoms with Crippen LogP contribution in [0.2, 0.25) is 5.02 Å². The first kappa shape index (κ1) is 15.9. The maximum absolute atomic E-state index is 13.6. The molecule has 0 heterocycles. The number of benzene rings is 1. The van der Waals surface area contributed by atoms with Gasteiger partial charge in [0.15, 0.2) is 0 Å². The fraction of sp³-hybridized carbons (Fsp3) is 0.364. The second kappa shape index (κ2) is 5.85. The molecule has 0 saturated heterocycles. The lowest BCUT2D eigenvalue weighted by Gasteiger charge is -2.13. The van der Waals surface area contributed by atoms with Crippen LogP contribution < -0.4 is 10.5 Å². The Labute approximate surface area is 116 Å². The first-order chi connectivity index (χ1) is 8.66. The average molecular weight is 309 g/mol. The third-order valence-electron chi connectivity index (χ3n) is 2.56. The SMILES string of the molecule is CCC(C)NC(=O)c1cc(S(N)(=O)=O)c(Cl)cc1F. The highest BCUT2D eigenvalue weighted by atomic mass is 35.5. The van der Waals surface area contributed by atoms with Gasteiger partial charge in [0.1, 0.15) is 10.7 Å². The van der Waals surface area contributed by atoms with Gasteiger partial charge in [-0.05, 0) is 25.5 Å². The summed E-state index contributed by atoms with van der Waals surface area (Å²) in [6, 6.07) is 1.43. The normalized spacial score (nSPS) is 13.1. The summed E-state index contributed by atoms with van der Waals surface area (Å²) in [4.78, 5) is 11.3. The minimum Gasteiger partial charge on any atom is -0.350 e. The molecule has 0 aliphatic heterocycles. The van der Waals surface area contributed by atoms with Crippen molar-refractivity contribution in [2.24, 2.45) is 5.14 Å². The van der Waals surface area contributed by atoms with Crippen LogP contribution in [0.25, 0.3) is 0 Å². The summed E-state index contributed by atoms with van der Waals surface area (Å²) in [6.45, 7) is 3.59. The number of nitrogens with two attached hydrogens (primary N) is 1. The van der Waals surface area contributed by atoms with E-state index in [1.165, 1.54) is 0 Å². The van der Waals surface area contributed by atoms with E-state index in [9.17, 15) is 17.6 Å². The fourth-order valence-electron chi connectivity index (χ4n) is 1.32. The first-order valence-electron chi connectivity index (χ1n) is 5.49. The van der Waals surface area contributed by atoms with Crippen molar-refractivity contribution in [3.05, 3.63) is 28.5 Å². The van der Waals surface area contributed by atoms with Gasteiger partial charge in [0, 0.05) is 6.04 Å². The predicted octanol–water partition coefficient (Wildman–Crippen LogP) is 1.65. The molecule has 106 valence electrons. The molecule has 1 unspecified atom stereocenters. The molecule has 1 atom stereocenters. The second-order valence-corrected chi connectivity index (χ2v) is 6.03. The van der Waals surface area contributed by atoms with Gasteiger partial charge in [-0.25, -0.2) is 17.9 Å². The third kappa shape index (κ3) is 3.89. The van der Waals surface area contributed by atoms with E-state index in [4.69, 9.17) is 16.7 Å². The van der Waals surface area contributed by atoms with Gasteiger partial charge in [-0.2, -0.15) is 0 Å². The number of primary sulfonamides is 1. The molecule has 0 aliphatic rings. The average Bonchev–Trinajstić information content (AvgIpc) is 2.26. The maximum Gasteiger partial charge on any atom is 0.254 e. The molecule has 8 heteroatoms. The van der Waals surface area contributed by atoms with Crippen molar-refractivity contribution in [2.45, 2.75) is 31.2 Å². The van der Waals surface area contributed by atoms with Gasteiger partial charge in [0.25, 0.3) is 5.91 Å². The molecule has 1 rings (SSSR count). The van der Waals surface area contributed by atoms with E-state index in [2.05, 4.69) is 5.32 Å². The summed E-state index contributed by atoms with van der Waals surface area (Å²) in [5.74, 6) is -1.62. The van der Waals surface area contributed by atoms with Crippen LogP contribution in [0.4, 0.5) is 4.39 Å². The highest BCUT2D eigenvalue weighted by molar-refractivity contribution is 7.89. The van der Waals surface area contributed by atoms with E-state index in [1.54, 1.807) is 6.92 Å². The van der Waals surface area contributed by atoms with Crippen molar-refractivity contribution in [1.82, 2.24) is 5.32 Å². The van der Waals surface area contributed by atoms with E-state index in [0.29, 0.717) is 6.42 Å². The molecular formula is C11H14ClFN2O3S. The number of carbonyl (C=O) groups excluding carboxylic acids is 1. The standard InChI is InChI=1S/C11H14ClFN2O3S/c1-3-6(2)15-11(16)7-4-10(19(14,17)18)8(12)5-9(7)13/h4-6H,3H2,1-2H3,(H,15,16)(H2,14,17,18). The number of hydrogen-bond acceptors (Lipinski definition) is 3. The van der Waals surface area contributed by atoms with E-state index in [0.717, 1.165) is 12.1 Å². The van der Waals surface area contributed by atoms with Crippen LogP contribution in [0.5, 0.6) is 0 Å². The predicted molar refractivity (Wildman–Crippen MR) is 70.0 cm³/mol. The third-order valence-corrected chi connectivity index (χ3v) is 3.94. The minimum atomic E-state index is -4.12. The largest absolute Gasteiger partial charge is 0.350 e. The Morgan fingerprint density at radius 2 is 2.11 bits per heavy atom. The zero-order valence-electron chi connectivity index (χ0n) is 10.4. The molecule has 1 amide bonds. The number of hydrogen-bond donors (Lipinski definition) is 2.